The molecule has 0 saturated heterocycles. The van der Waals surface area contributed by atoms with Crippen molar-refractivity contribution in [2.45, 2.75) is 25.8 Å². The highest BCUT2D eigenvalue weighted by molar-refractivity contribution is 5.75. The fraction of sp³-hybridized carbons (Fsp3) is 0.385. The third-order valence-electron chi connectivity index (χ3n) is 2.53. The first-order valence-electron chi connectivity index (χ1n) is 5.77. The van der Waals surface area contributed by atoms with Crippen LogP contribution in [0.25, 0.3) is 0 Å². The Hall–Kier alpha value is -2.06. The number of nitrogens with zero attached hydrogens (tertiary/aromatic N) is 2. The first-order chi connectivity index (χ1) is 8.69. The molecule has 5 nitrogen and oxygen atoms in total. The Bertz CT molecular complexity index is 414. The zero-order valence-electron chi connectivity index (χ0n) is 10.2. The van der Waals surface area contributed by atoms with Gasteiger partial charge in [-0.05, 0) is 12.0 Å². The minimum atomic E-state index is -0.925. The van der Waals surface area contributed by atoms with Gasteiger partial charge in [-0.25, -0.2) is 4.79 Å². The van der Waals surface area contributed by atoms with Crippen molar-refractivity contribution in [3.8, 4) is 6.19 Å². The molecule has 1 unspecified atom stereocenters. The van der Waals surface area contributed by atoms with Crippen LogP contribution in [0.3, 0.4) is 0 Å². The maximum Gasteiger partial charge on any atom is 0.332 e. The summed E-state index contributed by atoms with van der Waals surface area (Å²) in [5, 5.41) is 18.0. The second kappa shape index (κ2) is 7.30. The van der Waals surface area contributed by atoms with Crippen LogP contribution in [0, 0.1) is 11.5 Å². The molecule has 1 atom stereocenters. The molecule has 0 bridgehead atoms. The van der Waals surface area contributed by atoms with E-state index in [-0.39, 0.29) is 6.61 Å². The van der Waals surface area contributed by atoms with Gasteiger partial charge < -0.3 is 4.74 Å². The predicted octanol–water partition coefficient (Wildman–Crippen LogP) is 1.72. The van der Waals surface area contributed by atoms with Crippen molar-refractivity contribution in [2.75, 3.05) is 6.61 Å². The van der Waals surface area contributed by atoms with E-state index in [0.717, 1.165) is 5.56 Å². The van der Waals surface area contributed by atoms with E-state index in [1.54, 1.807) is 6.92 Å². The van der Waals surface area contributed by atoms with Gasteiger partial charge in [-0.2, -0.15) is 10.3 Å². The second-order valence-corrected chi connectivity index (χ2v) is 3.77. The van der Waals surface area contributed by atoms with Crippen LogP contribution in [-0.2, 0) is 16.0 Å². The summed E-state index contributed by atoms with van der Waals surface area (Å²) in [6.45, 7) is 1.93. The highest BCUT2D eigenvalue weighted by atomic mass is 16.5. The summed E-state index contributed by atoms with van der Waals surface area (Å²) in [6, 6.07) is 8.70. The molecule has 0 radical (unpaired) electrons. The molecule has 0 fully saturated rings. The van der Waals surface area contributed by atoms with Crippen molar-refractivity contribution < 1.29 is 14.7 Å². The standard InChI is InChI=1S/C13H16N2O3/c1-2-12(15(17)10-14)13(16)18-9-8-11-6-4-3-5-7-11/h3-7,12,17H,2,8-9H2,1H3. The maximum atomic E-state index is 11.6. The SMILES string of the molecule is CCC(C(=O)OCCc1ccccc1)N(O)C#N. The average molecular weight is 248 g/mol. The summed E-state index contributed by atoms with van der Waals surface area (Å²) in [5.74, 6) is -0.586. The van der Waals surface area contributed by atoms with Crippen molar-refractivity contribution in [1.82, 2.24) is 5.06 Å². The molecule has 0 aliphatic rings. The molecule has 1 aromatic rings. The van der Waals surface area contributed by atoms with Crippen LogP contribution in [0.2, 0.25) is 0 Å². The fourth-order valence-electron chi connectivity index (χ4n) is 1.52. The van der Waals surface area contributed by atoms with Gasteiger partial charge in [0.15, 0.2) is 6.04 Å². The van der Waals surface area contributed by atoms with Crippen molar-refractivity contribution in [1.29, 1.82) is 5.26 Å². The van der Waals surface area contributed by atoms with Gasteiger partial charge in [0.1, 0.15) is 0 Å². The molecule has 1 rings (SSSR count). The zero-order valence-corrected chi connectivity index (χ0v) is 10.2. The van der Waals surface area contributed by atoms with Crippen LogP contribution >= 0.6 is 0 Å². The van der Waals surface area contributed by atoms with Gasteiger partial charge in [-0.1, -0.05) is 37.3 Å². The van der Waals surface area contributed by atoms with Gasteiger partial charge in [-0.15, -0.1) is 0 Å². The number of hydrogen-bond acceptors (Lipinski definition) is 5. The van der Waals surface area contributed by atoms with E-state index >= 15 is 0 Å². The van der Waals surface area contributed by atoms with Crippen molar-refractivity contribution in [3.05, 3.63) is 35.9 Å². The van der Waals surface area contributed by atoms with E-state index < -0.39 is 12.0 Å². The Balaban J connectivity index is 2.39. The number of carbonyl (C=O) groups excluding carboxylic acids is 1. The van der Waals surface area contributed by atoms with Crippen molar-refractivity contribution in [3.63, 3.8) is 0 Å². The third-order valence-corrected chi connectivity index (χ3v) is 2.53. The van der Waals surface area contributed by atoms with Gasteiger partial charge in [0.25, 0.3) is 0 Å². The number of benzene rings is 1. The van der Waals surface area contributed by atoms with E-state index in [1.807, 2.05) is 30.3 Å². The number of ether oxygens (including phenoxy) is 1. The van der Waals surface area contributed by atoms with Crippen LogP contribution in [0.4, 0.5) is 0 Å². The molecule has 18 heavy (non-hydrogen) atoms. The highest BCUT2D eigenvalue weighted by Gasteiger charge is 2.23. The molecule has 1 aromatic carbocycles. The fourth-order valence-corrected chi connectivity index (χ4v) is 1.52. The first-order valence-corrected chi connectivity index (χ1v) is 5.77. The lowest BCUT2D eigenvalue weighted by Gasteiger charge is -2.17. The Kier molecular flexibility index (Phi) is 5.68. The molecule has 0 aliphatic carbocycles. The Labute approximate surface area is 106 Å². The van der Waals surface area contributed by atoms with E-state index in [0.29, 0.717) is 17.9 Å². The number of nitriles is 1. The van der Waals surface area contributed by atoms with Gasteiger partial charge in [0, 0.05) is 6.42 Å². The lowest BCUT2D eigenvalue weighted by molar-refractivity contribution is -0.162. The van der Waals surface area contributed by atoms with Gasteiger partial charge in [-0.3, -0.25) is 5.21 Å². The topological polar surface area (TPSA) is 73.6 Å². The largest absolute Gasteiger partial charge is 0.464 e. The van der Waals surface area contributed by atoms with Crippen LogP contribution in [0.1, 0.15) is 18.9 Å². The minimum absolute atomic E-state index is 0.235. The summed E-state index contributed by atoms with van der Waals surface area (Å²) in [4.78, 5) is 11.6. The lowest BCUT2D eigenvalue weighted by Crippen LogP contribution is -2.36. The second-order valence-electron chi connectivity index (χ2n) is 3.77. The highest BCUT2D eigenvalue weighted by Crippen LogP contribution is 2.04. The quantitative estimate of drug-likeness (QED) is 0.359. The number of carbonyl (C=O) groups is 1. The molecule has 5 heteroatoms. The van der Waals surface area contributed by atoms with Crippen LogP contribution < -0.4 is 0 Å². The minimum Gasteiger partial charge on any atom is -0.464 e. The van der Waals surface area contributed by atoms with Crippen molar-refractivity contribution in [2.24, 2.45) is 0 Å². The molecule has 1 N–H and O–H groups in total. The molecule has 0 amide bonds. The van der Waals surface area contributed by atoms with Crippen molar-refractivity contribution >= 4 is 5.97 Å². The third kappa shape index (κ3) is 4.07. The molecule has 0 aromatic heterocycles. The van der Waals surface area contributed by atoms with E-state index in [4.69, 9.17) is 10.00 Å². The predicted molar refractivity (Wildman–Crippen MR) is 64.4 cm³/mol. The summed E-state index contributed by atoms with van der Waals surface area (Å²) in [7, 11) is 0. The van der Waals surface area contributed by atoms with Crippen LogP contribution in [0.15, 0.2) is 30.3 Å². The monoisotopic (exact) mass is 248 g/mol. The normalized spacial score (nSPS) is 11.4. The number of hydrogen-bond donors (Lipinski definition) is 1. The number of hydroxylamine groups is 2. The smallest absolute Gasteiger partial charge is 0.332 e. The summed E-state index contributed by atoms with van der Waals surface area (Å²) >= 11 is 0. The van der Waals surface area contributed by atoms with Gasteiger partial charge >= 0.3 is 5.97 Å². The van der Waals surface area contributed by atoms with Crippen LogP contribution in [-0.4, -0.2) is 28.9 Å². The summed E-state index contributed by atoms with van der Waals surface area (Å²) in [5.41, 5.74) is 1.07. The average Bonchev–Trinajstić information content (AvgIpc) is 2.40. The van der Waals surface area contributed by atoms with Crippen LogP contribution in [0.5, 0.6) is 0 Å². The molecular formula is C13H16N2O3. The number of esters is 1. The summed E-state index contributed by atoms with van der Waals surface area (Å²) < 4.78 is 5.03. The molecule has 0 heterocycles. The van der Waals surface area contributed by atoms with E-state index in [9.17, 15) is 10.0 Å². The number of rotatable bonds is 6. The van der Waals surface area contributed by atoms with Gasteiger partial charge in [0.2, 0.25) is 6.19 Å². The molecule has 0 saturated carbocycles. The molecule has 0 spiro atoms. The Morgan fingerprint density at radius 1 is 1.50 bits per heavy atom. The first kappa shape index (κ1) is 14.0. The van der Waals surface area contributed by atoms with E-state index in [1.165, 1.54) is 6.19 Å². The molecular weight excluding hydrogens is 232 g/mol. The molecule has 0 aliphatic heterocycles. The Morgan fingerprint density at radius 3 is 2.72 bits per heavy atom. The Morgan fingerprint density at radius 2 is 2.17 bits per heavy atom. The molecule has 96 valence electrons. The zero-order chi connectivity index (χ0) is 13.4. The maximum absolute atomic E-state index is 11.6. The lowest BCUT2D eigenvalue weighted by atomic mass is 10.2. The summed E-state index contributed by atoms with van der Waals surface area (Å²) in [6.07, 6.45) is 2.42. The van der Waals surface area contributed by atoms with E-state index in [2.05, 4.69) is 0 Å². The van der Waals surface area contributed by atoms with Gasteiger partial charge in [0.05, 0.1) is 6.61 Å².